The number of carbonyl (C=O) groups is 2. The van der Waals surface area contributed by atoms with E-state index < -0.39 is 28.1 Å². The molecule has 1 aromatic rings. The predicted octanol–water partition coefficient (Wildman–Crippen LogP) is 0.616. The first-order valence-corrected chi connectivity index (χ1v) is 6.95. The van der Waals surface area contributed by atoms with Crippen molar-refractivity contribution in [2.24, 2.45) is 0 Å². The second-order valence-electron chi connectivity index (χ2n) is 3.82. The zero-order chi connectivity index (χ0) is 15.3. The number of methoxy groups -OCH3 is 1. The molecular weight excluding hydrogens is 288 g/mol. The van der Waals surface area contributed by atoms with E-state index >= 15 is 0 Å². The van der Waals surface area contributed by atoms with Crippen LogP contribution < -0.4 is 10.0 Å². The highest BCUT2D eigenvalue weighted by Gasteiger charge is 2.21. The summed E-state index contributed by atoms with van der Waals surface area (Å²) in [6.45, 7) is 1.22. The summed E-state index contributed by atoms with van der Waals surface area (Å²) in [5, 5.41) is 11.0. The van der Waals surface area contributed by atoms with Gasteiger partial charge in [0.25, 0.3) is 0 Å². The zero-order valence-corrected chi connectivity index (χ0v) is 11.6. The lowest BCUT2D eigenvalue weighted by Crippen LogP contribution is -2.38. The Balaban J connectivity index is 2.87. The maximum absolute atomic E-state index is 11.9. The number of nitrogens with one attached hydrogen (secondary N) is 2. The molecule has 0 saturated heterocycles. The van der Waals surface area contributed by atoms with Crippen molar-refractivity contribution in [3.05, 3.63) is 24.3 Å². The summed E-state index contributed by atoms with van der Waals surface area (Å²) in [4.78, 5) is 21.5. The minimum Gasteiger partial charge on any atom is -0.480 e. The molecule has 1 aromatic carbocycles. The SMILES string of the molecule is COC(=O)Nc1ccc(S(=O)(=O)NC(C)C(=O)O)cc1. The number of anilines is 1. The lowest BCUT2D eigenvalue weighted by molar-refractivity contribution is -0.138. The van der Waals surface area contributed by atoms with Gasteiger partial charge in [0.2, 0.25) is 10.0 Å². The van der Waals surface area contributed by atoms with E-state index in [1.807, 2.05) is 4.72 Å². The molecule has 0 aromatic heterocycles. The molecule has 0 saturated carbocycles. The van der Waals surface area contributed by atoms with Gasteiger partial charge in [0.15, 0.2) is 0 Å². The Morgan fingerprint density at radius 3 is 2.25 bits per heavy atom. The molecule has 0 aliphatic rings. The van der Waals surface area contributed by atoms with Crippen LogP contribution in [0.1, 0.15) is 6.92 Å². The van der Waals surface area contributed by atoms with Crippen LogP contribution in [0.2, 0.25) is 0 Å². The predicted molar refractivity (Wildman–Crippen MR) is 69.9 cm³/mol. The van der Waals surface area contributed by atoms with E-state index in [1.165, 1.54) is 38.3 Å². The second kappa shape index (κ2) is 6.35. The van der Waals surface area contributed by atoms with E-state index in [-0.39, 0.29) is 4.90 Å². The van der Waals surface area contributed by atoms with Crippen LogP contribution in [0.4, 0.5) is 10.5 Å². The molecule has 0 bridgehead atoms. The van der Waals surface area contributed by atoms with Crippen LogP contribution >= 0.6 is 0 Å². The standard InChI is InChI=1S/C11H14N2O6S/c1-7(10(14)15)13-20(17,18)9-5-3-8(4-6-9)12-11(16)19-2/h3-7,13H,1-2H3,(H,12,16)(H,14,15). The Bertz CT molecular complexity index is 596. The summed E-state index contributed by atoms with van der Waals surface area (Å²) in [6.07, 6.45) is -0.682. The van der Waals surface area contributed by atoms with Gasteiger partial charge in [0.1, 0.15) is 6.04 Å². The molecule has 1 atom stereocenters. The number of carboxylic acid groups (broad SMARTS) is 1. The number of rotatable bonds is 5. The highest BCUT2D eigenvalue weighted by Crippen LogP contribution is 2.14. The lowest BCUT2D eigenvalue weighted by atomic mass is 10.3. The third kappa shape index (κ3) is 4.21. The maximum Gasteiger partial charge on any atom is 0.411 e. The summed E-state index contributed by atoms with van der Waals surface area (Å²) >= 11 is 0. The highest BCUT2D eigenvalue weighted by atomic mass is 32.2. The molecule has 3 N–H and O–H groups in total. The first-order valence-electron chi connectivity index (χ1n) is 5.46. The highest BCUT2D eigenvalue weighted by molar-refractivity contribution is 7.89. The molecule has 1 unspecified atom stereocenters. The number of carboxylic acids is 1. The number of benzene rings is 1. The molecule has 9 heteroatoms. The third-order valence-electron chi connectivity index (χ3n) is 2.30. The van der Waals surface area contributed by atoms with E-state index in [4.69, 9.17) is 5.11 Å². The second-order valence-corrected chi connectivity index (χ2v) is 5.54. The fraction of sp³-hybridized carbons (Fsp3) is 0.273. The molecule has 8 nitrogen and oxygen atoms in total. The minimum atomic E-state index is -3.93. The molecule has 1 rings (SSSR count). The van der Waals surface area contributed by atoms with Gasteiger partial charge >= 0.3 is 12.1 Å². The Kier molecular flexibility index (Phi) is 5.06. The van der Waals surface area contributed by atoms with Crippen molar-refractivity contribution in [1.82, 2.24) is 4.72 Å². The van der Waals surface area contributed by atoms with Gasteiger partial charge in [-0.05, 0) is 31.2 Å². The van der Waals surface area contributed by atoms with Gasteiger partial charge in [-0.1, -0.05) is 0 Å². The van der Waals surface area contributed by atoms with Crippen LogP contribution in [0.15, 0.2) is 29.2 Å². The Morgan fingerprint density at radius 1 is 1.25 bits per heavy atom. The van der Waals surface area contributed by atoms with E-state index in [0.717, 1.165) is 0 Å². The van der Waals surface area contributed by atoms with Gasteiger partial charge < -0.3 is 9.84 Å². The van der Waals surface area contributed by atoms with Crippen molar-refractivity contribution >= 4 is 27.8 Å². The van der Waals surface area contributed by atoms with Crippen molar-refractivity contribution in [2.75, 3.05) is 12.4 Å². The fourth-order valence-electron chi connectivity index (χ4n) is 1.24. The average Bonchev–Trinajstić information content (AvgIpc) is 2.38. The number of hydrogen-bond donors (Lipinski definition) is 3. The van der Waals surface area contributed by atoms with Crippen molar-refractivity contribution in [2.45, 2.75) is 17.9 Å². The van der Waals surface area contributed by atoms with Gasteiger partial charge in [0, 0.05) is 5.69 Å². The summed E-state index contributed by atoms with van der Waals surface area (Å²) in [5.41, 5.74) is 0.349. The smallest absolute Gasteiger partial charge is 0.411 e. The topological polar surface area (TPSA) is 122 Å². The number of amides is 1. The van der Waals surface area contributed by atoms with E-state index in [2.05, 4.69) is 10.1 Å². The average molecular weight is 302 g/mol. The number of aliphatic carboxylic acids is 1. The first kappa shape index (κ1) is 15.9. The lowest BCUT2D eigenvalue weighted by Gasteiger charge is -2.10. The van der Waals surface area contributed by atoms with Crippen LogP contribution in [0.25, 0.3) is 0 Å². The minimum absolute atomic E-state index is 0.110. The maximum atomic E-state index is 11.9. The van der Waals surface area contributed by atoms with E-state index in [9.17, 15) is 18.0 Å². The van der Waals surface area contributed by atoms with E-state index in [0.29, 0.717) is 5.69 Å². The van der Waals surface area contributed by atoms with Crippen LogP contribution in [-0.4, -0.2) is 38.7 Å². The number of hydrogen-bond acceptors (Lipinski definition) is 5. The van der Waals surface area contributed by atoms with Crippen LogP contribution in [0, 0.1) is 0 Å². The molecule has 0 aliphatic carbocycles. The molecule has 0 spiro atoms. The van der Waals surface area contributed by atoms with Crippen LogP contribution in [-0.2, 0) is 19.6 Å². The van der Waals surface area contributed by atoms with Crippen LogP contribution in [0.5, 0.6) is 0 Å². The normalized spacial score (nSPS) is 12.5. The van der Waals surface area contributed by atoms with Crippen molar-refractivity contribution in [3.63, 3.8) is 0 Å². The molecule has 1 amide bonds. The largest absolute Gasteiger partial charge is 0.480 e. The summed E-state index contributed by atoms with van der Waals surface area (Å²) in [7, 11) is -2.73. The van der Waals surface area contributed by atoms with Gasteiger partial charge in [-0.3, -0.25) is 10.1 Å². The molecule has 0 heterocycles. The fourth-order valence-corrected chi connectivity index (χ4v) is 2.43. The quantitative estimate of drug-likeness (QED) is 0.732. The number of sulfonamides is 1. The molecular formula is C11H14N2O6S. The molecule has 0 radical (unpaired) electrons. The van der Waals surface area contributed by atoms with Gasteiger partial charge in [0.05, 0.1) is 12.0 Å². The number of ether oxygens (including phenoxy) is 1. The van der Waals surface area contributed by atoms with E-state index in [1.54, 1.807) is 0 Å². The van der Waals surface area contributed by atoms with Gasteiger partial charge in [-0.25, -0.2) is 13.2 Å². The summed E-state index contributed by atoms with van der Waals surface area (Å²) in [5.74, 6) is -1.28. The van der Waals surface area contributed by atoms with Crippen molar-refractivity contribution < 1.29 is 27.9 Å². The zero-order valence-electron chi connectivity index (χ0n) is 10.8. The molecule has 0 fully saturated rings. The molecule has 20 heavy (non-hydrogen) atoms. The Labute approximate surface area is 115 Å². The van der Waals surface area contributed by atoms with Gasteiger partial charge in [-0.2, -0.15) is 4.72 Å². The van der Waals surface area contributed by atoms with Gasteiger partial charge in [-0.15, -0.1) is 0 Å². The summed E-state index contributed by atoms with van der Waals surface area (Å²) in [6, 6.07) is 3.95. The summed E-state index contributed by atoms with van der Waals surface area (Å²) < 4.78 is 30.1. The van der Waals surface area contributed by atoms with Crippen molar-refractivity contribution in [1.29, 1.82) is 0 Å². The Hall–Kier alpha value is -2.13. The van der Waals surface area contributed by atoms with Crippen molar-refractivity contribution in [3.8, 4) is 0 Å². The number of carbonyl (C=O) groups excluding carboxylic acids is 1. The first-order chi connectivity index (χ1) is 9.26. The molecule has 0 aliphatic heterocycles. The monoisotopic (exact) mass is 302 g/mol. The van der Waals surface area contributed by atoms with Crippen LogP contribution in [0.3, 0.4) is 0 Å². The molecule has 110 valence electrons. The Morgan fingerprint density at radius 2 is 1.80 bits per heavy atom. The third-order valence-corrected chi connectivity index (χ3v) is 3.86.